The number of hydrogen-bond donors (Lipinski definition) is 2. The molecule has 4 fully saturated rings. The summed E-state index contributed by atoms with van der Waals surface area (Å²) in [5.41, 5.74) is 2.46. The Labute approximate surface area is 228 Å². The quantitative estimate of drug-likeness (QED) is 0.369. The summed E-state index contributed by atoms with van der Waals surface area (Å²) in [5.74, 6) is 5.98. The van der Waals surface area contributed by atoms with Crippen LogP contribution in [-0.2, 0) is 13.0 Å². The second-order valence-corrected chi connectivity index (χ2v) is 15.2. The minimum atomic E-state index is -0.616. The van der Waals surface area contributed by atoms with Gasteiger partial charge in [-0.2, -0.15) is 0 Å². The second kappa shape index (κ2) is 10.6. The first kappa shape index (κ1) is 27.7. The van der Waals surface area contributed by atoms with E-state index in [1.54, 1.807) is 0 Å². The van der Waals surface area contributed by atoms with Crippen molar-refractivity contribution in [3.05, 3.63) is 35.4 Å². The van der Waals surface area contributed by atoms with Crippen LogP contribution in [-0.4, -0.2) is 15.8 Å². The number of hydrogen-bond acceptors (Lipinski definition) is 2. The van der Waals surface area contributed by atoms with Gasteiger partial charge in [-0.25, -0.2) is 0 Å². The van der Waals surface area contributed by atoms with Gasteiger partial charge in [0.05, 0.1) is 12.2 Å². The summed E-state index contributed by atoms with van der Waals surface area (Å²) in [6, 6.07) is 8.16. The minimum absolute atomic E-state index is 0.0641. The van der Waals surface area contributed by atoms with E-state index in [1.807, 2.05) is 12.1 Å². The minimum Gasteiger partial charge on any atom is -0.392 e. The Hall–Kier alpha value is -0.860. The number of rotatable bonds is 8. The summed E-state index contributed by atoms with van der Waals surface area (Å²) in [5, 5.41) is 21.6. The standard InChI is InChI=1S/C35H56O2/c1-24(2)9-8-10-25(3)30-15-16-31-29-14-13-28-22-35(37,21-26-11-6-7-12-27(26)23-36)20-19-33(28,4)32(29)17-18-34(30,31)5/h6-7,11-12,24-25,28-32,36-37H,8-10,13-23H2,1-5H3/t25-,28+,29+,30-,31+,32+,33+,34-,35-/m1/s1. The Balaban J connectivity index is 1.27. The largest absolute Gasteiger partial charge is 0.392 e. The van der Waals surface area contributed by atoms with Gasteiger partial charge in [0, 0.05) is 6.42 Å². The van der Waals surface area contributed by atoms with Gasteiger partial charge in [0.2, 0.25) is 0 Å². The van der Waals surface area contributed by atoms with E-state index in [0.29, 0.717) is 23.2 Å². The normalized spacial score (nSPS) is 42.2. The van der Waals surface area contributed by atoms with Crippen LogP contribution in [0.3, 0.4) is 0 Å². The highest BCUT2D eigenvalue weighted by Crippen LogP contribution is 2.69. The van der Waals surface area contributed by atoms with Crippen molar-refractivity contribution in [1.82, 2.24) is 0 Å². The van der Waals surface area contributed by atoms with Gasteiger partial charge in [-0.15, -0.1) is 0 Å². The fourth-order valence-corrected chi connectivity index (χ4v) is 10.7. The molecule has 4 aliphatic rings. The molecule has 0 amide bonds. The van der Waals surface area contributed by atoms with E-state index in [1.165, 1.54) is 64.2 Å². The molecule has 0 unspecified atom stereocenters. The molecule has 4 saturated carbocycles. The smallest absolute Gasteiger partial charge is 0.0691 e. The predicted octanol–water partition coefficient (Wildman–Crippen LogP) is 8.57. The Kier molecular flexibility index (Phi) is 7.94. The summed E-state index contributed by atoms with van der Waals surface area (Å²) in [6.07, 6.45) is 16.5. The molecular weight excluding hydrogens is 452 g/mol. The molecule has 208 valence electrons. The van der Waals surface area contributed by atoms with Crippen molar-refractivity contribution in [3.63, 3.8) is 0 Å². The third-order valence-corrected chi connectivity index (χ3v) is 12.8. The number of aliphatic hydroxyl groups excluding tert-OH is 1. The van der Waals surface area contributed by atoms with Crippen LogP contribution in [0.2, 0.25) is 0 Å². The number of fused-ring (bicyclic) bond motifs is 5. The van der Waals surface area contributed by atoms with Crippen LogP contribution in [0.25, 0.3) is 0 Å². The van der Waals surface area contributed by atoms with E-state index in [4.69, 9.17) is 0 Å². The maximum absolute atomic E-state index is 11.8. The van der Waals surface area contributed by atoms with Crippen LogP contribution >= 0.6 is 0 Å². The van der Waals surface area contributed by atoms with Gasteiger partial charge in [0.25, 0.3) is 0 Å². The maximum atomic E-state index is 11.8. The molecule has 0 spiro atoms. The molecular formula is C35H56O2. The predicted molar refractivity (Wildman–Crippen MR) is 154 cm³/mol. The molecule has 2 heteroatoms. The summed E-state index contributed by atoms with van der Waals surface area (Å²) in [7, 11) is 0. The van der Waals surface area contributed by atoms with Gasteiger partial charge < -0.3 is 10.2 Å². The Morgan fingerprint density at radius 2 is 1.57 bits per heavy atom. The lowest BCUT2D eigenvalue weighted by Gasteiger charge is -2.62. The van der Waals surface area contributed by atoms with E-state index in [0.717, 1.165) is 59.5 Å². The van der Waals surface area contributed by atoms with E-state index >= 15 is 0 Å². The second-order valence-electron chi connectivity index (χ2n) is 15.2. The Morgan fingerprint density at radius 3 is 2.30 bits per heavy atom. The van der Waals surface area contributed by atoms with Crippen LogP contribution in [0.15, 0.2) is 24.3 Å². The highest BCUT2D eigenvalue weighted by molar-refractivity contribution is 5.28. The summed E-state index contributed by atoms with van der Waals surface area (Å²) in [4.78, 5) is 0. The van der Waals surface area contributed by atoms with Crippen molar-refractivity contribution in [2.75, 3.05) is 0 Å². The molecule has 4 aliphatic carbocycles. The lowest BCUT2D eigenvalue weighted by molar-refractivity contribution is -0.152. The van der Waals surface area contributed by atoms with Crippen LogP contribution in [0, 0.1) is 52.3 Å². The van der Waals surface area contributed by atoms with Crippen molar-refractivity contribution < 1.29 is 10.2 Å². The van der Waals surface area contributed by atoms with Gasteiger partial charge in [0.15, 0.2) is 0 Å². The maximum Gasteiger partial charge on any atom is 0.0691 e. The summed E-state index contributed by atoms with van der Waals surface area (Å²) >= 11 is 0. The highest BCUT2D eigenvalue weighted by atomic mass is 16.3. The molecule has 1 aromatic carbocycles. The first-order valence-corrected chi connectivity index (χ1v) is 16.0. The van der Waals surface area contributed by atoms with Crippen molar-refractivity contribution in [2.45, 2.75) is 130 Å². The number of benzene rings is 1. The first-order valence-electron chi connectivity index (χ1n) is 16.0. The third kappa shape index (κ3) is 5.08. The molecule has 1 aromatic rings. The zero-order chi connectivity index (χ0) is 26.4. The molecule has 2 nitrogen and oxygen atoms in total. The molecule has 0 aliphatic heterocycles. The van der Waals surface area contributed by atoms with E-state index in [-0.39, 0.29) is 6.61 Å². The third-order valence-electron chi connectivity index (χ3n) is 12.8. The molecule has 0 aromatic heterocycles. The van der Waals surface area contributed by atoms with Crippen LogP contribution in [0.4, 0.5) is 0 Å². The molecule has 37 heavy (non-hydrogen) atoms. The molecule has 2 N–H and O–H groups in total. The first-order chi connectivity index (χ1) is 17.6. The van der Waals surface area contributed by atoms with Crippen LogP contribution < -0.4 is 0 Å². The van der Waals surface area contributed by atoms with Crippen molar-refractivity contribution in [2.24, 2.45) is 52.3 Å². The average Bonchev–Trinajstić information content (AvgIpc) is 3.22. The number of aliphatic hydroxyl groups is 2. The highest BCUT2D eigenvalue weighted by Gasteiger charge is 2.61. The SMILES string of the molecule is CC(C)CCC[C@@H](C)[C@H]1CC[C@H]2[C@@H]3CC[C@H]4C[C@](O)(Cc5ccccc5CO)CC[C@]4(C)[C@H]3CC[C@]12C. The topological polar surface area (TPSA) is 40.5 Å². The monoisotopic (exact) mass is 508 g/mol. The molecule has 9 atom stereocenters. The Bertz CT molecular complexity index is 924. The zero-order valence-electron chi connectivity index (χ0n) is 24.6. The molecule has 5 rings (SSSR count). The molecule has 0 heterocycles. The van der Waals surface area contributed by atoms with Crippen molar-refractivity contribution in [1.29, 1.82) is 0 Å². The van der Waals surface area contributed by atoms with Crippen LogP contribution in [0.1, 0.15) is 123 Å². The lowest BCUT2D eigenvalue weighted by Crippen LogP contribution is -2.56. The van der Waals surface area contributed by atoms with Gasteiger partial charge in [-0.3, -0.25) is 0 Å². The fraction of sp³-hybridized carbons (Fsp3) is 0.829. The van der Waals surface area contributed by atoms with E-state index in [9.17, 15) is 10.2 Å². The van der Waals surface area contributed by atoms with E-state index in [2.05, 4.69) is 46.8 Å². The van der Waals surface area contributed by atoms with Gasteiger partial charge in [0.1, 0.15) is 0 Å². The average molecular weight is 509 g/mol. The van der Waals surface area contributed by atoms with Gasteiger partial charge in [-0.1, -0.05) is 78.1 Å². The van der Waals surface area contributed by atoms with Gasteiger partial charge >= 0.3 is 0 Å². The van der Waals surface area contributed by atoms with E-state index < -0.39 is 5.60 Å². The zero-order valence-corrected chi connectivity index (χ0v) is 24.6. The molecule has 0 radical (unpaired) electrons. The molecule has 0 bridgehead atoms. The lowest BCUT2D eigenvalue weighted by atomic mass is 9.43. The summed E-state index contributed by atoms with van der Waals surface area (Å²) in [6.45, 7) is 12.7. The fourth-order valence-electron chi connectivity index (χ4n) is 10.7. The van der Waals surface area contributed by atoms with Crippen molar-refractivity contribution >= 4 is 0 Å². The molecule has 0 saturated heterocycles. The van der Waals surface area contributed by atoms with Crippen LogP contribution in [0.5, 0.6) is 0 Å². The Morgan fingerprint density at radius 1 is 0.838 bits per heavy atom. The summed E-state index contributed by atoms with van der Waals surface area (Å²) < 4.78 is 0. The van der Waals surface area contributed by atoms with Crippen molar-refractivity contribution in [3.8, 4) is 0 Å². The van der Waals surface area contributed by atoms with Gasteiger partial charge in [-0.05, 0) is 121 Å².